The van der Waals surface area contributed by atoms with Crippen molar-refractivity contribution in [2.75, 3.05) is 37.5 Å². The van der Waals surface area contributed by atoms with Gasteiger partial charge in [-0.15, -0.1) is 9.72 Å². The highest BCUT2D eigenvalue weighted by Crippen LogP contribution is 2.16. The van der Waals surface area contributed by atoms with Crippen molar-refractivity contribution in [2.45, 2.75) is 6.42 Å². The zero-order chi connectivity index (χ0) is 16.8. The summed E-state index contributed by atoms with van der Waals surface area (Å²) < 4.78 is 9.39. The monoisotopic (exact) mass is 323 g/mol. The Labute approximate surface area is 131 Å². The maximum absolute atomic E-state index is 11.4. The molecule has 1 aliphatic rings. The summed E-state index contributed by atoms with van der Waals surface area (Å²) in [7, 11) is 2.34. The van der Waals surface area contributed by atoms with Crippen LogP contribution in [-0.2, 0) is 9.47 Å². The Morgan fingerprint density at radius 2 is 2.13 bits per heavy atom. The molecule has 1 aliphatic heterocycles. The number of nitrogens with zero attached hydrogens (tertiary/aromatic N) is 4. The molecule has 0 spiro atoms. The largest absolute Gasteiger partial charge is 0.453 e. The second-order valence-corrected chi connectivity index (χ2v) is 4.52. The molecule has 0 bridgehead atoms. The SMILES string of the molecule is COC(=O)N=c1nc(N2CC=CCC2)cc(NC(=O)OC)n1O. The van der Waals surface area contributed by atoms with Crippen molar-refractivity contribution in [1.29, 1.82) is 0 Å². The average Bonchev–Trinajstić information content (AvgIpc) is 2.58. The zero-order valence-corrected chi connectivity index (χ0v) is 12.7. The van der Waals surface area contributed by atoms with Gasteiger partial charge in [-0.25, -0.2) is 9.59 Å². The fraction of sp³-hybridized carbons (Fsp3) is 0.385. The van der Waals surface area contributed by atoms with Gasteiger partial charge in [-0.1, -0.05) is 12.2 Å². The maximum atomic E-state index is 11.4. The molecule has 10 nitrogen and oxygen atoms in total. The predicted octanol–water partition coefficient (Wildman–Crippen LogP) is 0.732. The lowest BCUT2D eigenvalue weighted by atomic mass is 10.2. The Bertz CT molecular complexity index is 696. The van der Waals surface area contributed by atoms with Crippen LogP contribution in [0.5, 0.6) is 0 Å². The molecule has 0 radical (unpaired) electrons. The van der Waals surface area contributed by atoms with E-state index in [0.29, 0.717) is 23.6 Å². The summed E-state index contributed by atoms with van der Waals surface area (Å²) in [6.07, 6.45) is 3.13. The van der Waals surface area contributed by atoms with Gasteiger partial charge in [0.1, 0.15) is 5.82 Å². The predicted molar refractivity (Wildman–Crippen MR) is 79.4 cm³/mol. The van der Waals surface area contributed by atoms with Gasteiger partial charge in [-0.05, 0) is 6.42 Å². The summed E-state index contributed by atoms with van der Waals surface area (Å²) in [6.45, 7) is 1.31. The van der Waals surface area contributed by atoms with E-state index in [1.807, 2.05) is 17.1 Å². The van der Waals surface area contributed by atoms with Crippen LogP contribution in [0.4, 0.5) is 21.2 Å². The number of nitrogens with one attached hydrogen (secondary N) is 1. The van der Waals surface area contributed by atoms with E-state index in [1.54, 1.807) is 0 Å². The molecular formula is C13H17N5O5. The van der Waals surface area contributed by atoms with Crippen molar-refractivity contribution in [1.82, 2.24) is 9.71 Å². The van der Waals surface area contributed by atoms with Gasteiger partial charge in [-0.2, -0.15) is 4.98 Å². The normalized spacial score (nSPS) is 14.5. The van der Waals surface area contributed by atoms with E-state index in [-0.39, 0.29) is 11.4 Å². The molecule has 1 aromatic rings. The summed E-state index contributed by atoms with van der Waals surface area (Å²) >= 11 is 0. The summed E-state index contributed by atoms with van der Waals surface area (Å²) in [4.78, 5) is 32.3. The number of hydrogen-bond donors (Lipinski definition) is 2. The molecule has 23 heavy (non-hydrogen) atoms. The molecule has 2 rings (SSSR count). The Hall–Kier alpha value is -3.04. The molecule has 2 heterocycles. The highest BCUT2D eigenvalue weighted by Gasteiger charge is 2.15. The molecule has 0 aliphatic carbocycles. The van der Waals surface area contributed by atoms with Crippen LogP contribution in [0.3, 0.4) is 0 Å². The van der Waals surface area contributed by atoms with E-state index in [0.717, 1.165) is 13.5 Å². The number of rotatable bonds is 2. The molecule has 0 atom stereocenters. The molecule has 2 N–H and O–H groups in total. The number of carbonyl (C=O) groups is 2. The molecule has 0 aromatic carbocycles. The zero-order valence-electron chi connectivity index (χ0n) is 12.7. The van der Waals surface area contributed by atoms with Gasteiger partial charge >= 0.3 is 12.2 Å². The highest BCUT2D eigenvalue weighted by molar-refractivity contribution is 5.83. The van der Waals surface area contributed by atoms with E-state index in [2.05, 4.69) is 24.8 Å². The van der Waals surface area contributed by atoms with Gasteiger partial charge in [0.2, 0.25) is 0 Å². The fourth-order valence-corrected chi connectivity index (χ4v) is 1.93. The van der Waals surface area contributed by atoms with Crippen LogP contribution in [0, 0.1) is 0 Å². The average molecular weight is 323 g/mol. The lowest BCUT2D eigenvalue weighted by Gasteiger charge is -2.25. The van der Waals surface area contributed by atoms with Crippen LogP contribution >= 0.6 is 0 Å². The van der Waals surface area contributed by atoms with Crippen LogP contribution < -0.4 is 15.8 Å². The smallest absolute Gasteiger partial charge is 0.436 e. The number of anilines is 2. The van der Waals surface area contributed by atoms with Crippen LogP contribution in [0.1, 0.15) is 6.42 Å². The highest BCUT2D eigenvalue weighted by atomic mass is 16.5. The molecule has 10 heteroatoms. The minimum Gasteiger partial charge on any atom is -0.453 e. The minimum absolute atomic E-state index is 0.0425. The number of amides is 2. The Morgan fingerprint density at radius 3 is 2.74 bits per heavy atom. The van der Waals surface area contributed by atoms with Gasteiger partial charge in [0.25, 0.3) is 5.62 Å². The van der Waals surface area contributed by atoms with Crippen molar-refractivity contribution in [3.63, 3.8) is 0 Å². The third-order valence-corrected chi connectivity index (χ3v) is 3.06. The van der Waals surface area contributed by atoms with Gasteiger partial charge < -0.3 is 19.6 Å². The first-order chi connectivity index (χ1) is 11.0. The molecule has 0 unspecified atom stereocenters. The molecule has 0 fully saturated rings. The molecule has 0 saturated heterocycles. The van der Waals surface area contributed by atoms with Crippen molar-refractivity contribution in [3.05, 3.63) is 23.8 Å². The number of hydrogen-bond acceptors (Lipinski definition) is 7. The van der Waals surface area contributed by atoms with Crippen LogP contribution in [-0.4, -0.2) is 54.4 Å². The van der Waals surface area contributed by atoms with Crippen molar-refractivity contribution in [2.24, 2.45) is 4.99 Å². The summed E-state index contributed by atoms with van der Waals surface area (Å²) in [5, 5.41) is 12.4. The topological polar surface area (TPSA) is 118 Å². The lowest BCUT2D eigenvalue weighted by molar-refractivity contribution is 0.160. The summed E-state index contributed by atoms with van der Waals surface area (Å²) in [5.41, 5.74) is -0.324. The first kappa shape index (κ1) is 16.3. The second kappa shape index (κ2) is 7.29. The van der Waals surface area contributed by atoms with Gasteiger partial charge in [-0.3, -0.25) is 5.32 Å². The minimum atomic E-state index is -0.931. The first-order valence-corrected chi connectivity index (χ1v) is 6.76. The quantitative estimate of drug-likeness (QED) is 0.608. The van der Waals surface area contributed by atoms with E-state index in [4.69, 9.17) is 0 Å². The standard InChI is InChI=1S/C13H17N5O5/c1-22-12(19)15-10-8-9(17-6-4-3-5-7-17)14-11(18(10)21)16-13(20)23-2/h3-4,8,21H,5-7H2,1-2H3,(H,15,19). The van der Waals surface area contributed by atoms with Crippen LogP contribution in [0.25, 0.3) is 0 Å². The van der Waals surface area contributed by atoms with Gasteiger partial charge in [0, 0.05) is 19.2 Å². The van der Waals surface area contributed by atoms with Crippen LogP contribution in [0.15, 0.2) is 23.2 Å². The van der Waals surface area contributed by atoms with E-state index < -0.39 is 12.2 Å². The van der Waals surface area contributed by atoms with Crippen molar-refractivity contribution >= 4 is 23.8 Å². The Kier molecular flexibility index (Phi) is 5.18. The van der Waals surface area contributed by atoms with Crippen LogP contribution in [0.2, 0.25) is 0 Å². The second-order valence-electron chi connectivity index (χ2n) is 4.52. The molecule has 0 saturated carbocycles. The first-order valence-electron chi connectivity index (χ1n) is 6.76. The summed E-state index contributed by atoms with van der Waals surface area (Å²) in [5.74, 6) is 0.396. The maximum Gasteiger partial charge on any atom is 0.436 e. The van der Waals surface area contributed by atoms with E-state index in [1.165, 1.54) is 13.2 Å². The number of ether oxygens (including phenoxy) is 2. The Morgan fingerprint density at radius 1 is 1.35 bits per heavy atom. The van der Waals surface area contributed by atoms with E-state index >= 15 is 0 Å². The van der Waals surface area contributed by atoms with E-state index in [9.17, 15) is 14.8 Å². The number of aromatic nitrogens is 2. The molecular weight excluding hydrogens is 306 g/mol. The lowest BCUT2D eigenvalue weighted by Crippen LogP contribution is -2.34. The number of methoxy groups -OCH3 is 2. The fourth-order valence-electron chi connectivity index (χ4n) is 1.93. The third-order valence-electron chi connectivity index (χ3n) is 3.06. The molecule has 124 valence electrons. The number of carbonyl (C=O) groups excluding carboxylic acids is 2. The van der Waals surface area contributed by atoms with Crippen molar-refractivity contribution in [3.8, 4) is 0 Å². The van der Waals surface area contributed by atoms with Gasteiger partial charge in [0.05, 0.1) is 14.2 Å². The van der Waals surface area contributed by atoms with Crippen molar-refractivity contribution < 1.29 is 24.3 Å². The molecule has 1 aromatic heterocycles. The Balaban J connectivity index is 2.50. The summed E-state index contributed by atoms with van der Waals surface area (Å²) in [6, 6.07) is 1.45. The third kappa shape index (κ3) is 3.99. The van der Waals surface area contributed by atoms with Gasteiger partial charge in [0.15, 0.2) is 5.82 Å². The molecule has 2 amide bonds.